The van der Waals surface area contributed by atoms with Gasteiger partial charge in [-0.3, -0.25) is 9.69 Å². The van der Waals surface area contributed by atoms with E-state index in [2.05, 4.69) is 16.1 Å². The summed E-state index contributed by atoms with van der Waals surface area (Å²) in [7, 11) is 0. The lowest BCUT2D eigenvalue weighted by atomic mass is 9.94. The molecule has 1 aromatic rings. The number of amides is 1. The van der Waals surface area contributed by atoms with Crippen LogP contribution in [0, 0.1) is 19.3 Å². The van der Waals surface area contributed by atoms with Crippen molar-refractivity contribution in [3.8, 4) is 12.3 Å². The topological polar surface area (TPSA) is 32.3 Å². The third kappa shape index (κ3) is 4.91. The van der Waals surface area contributed by atoms with Crippen LogP contribution in [0.1, 0.15) is 37.7 Å². The highest BCUT2D eigenvalue weighted by Crippen LogP contribution is 2.22. The van der Waals surface area contributed by atoms with Crippen molar-refractivity contribution in [3.63, 3.8) is 0 Å². The van der Waals surface area contributed by atoms with Gasteiger partial charge in [0, 0.05) is 11.7 Å². The highest BCUT2D eigenvalue weighted by atomic mass is 16.2. The molecule has 0 aliphatic heterocycles. The number of aryl methyl sites for hydroxylation is 1. The molecule has 0 aromatic heterocycles. The van der Waals surface area contributed by atoms with Gasteiger partial charge in [0.05, 0.1) is 13.1 Å². The SMILES string of the molecule is C#CCN(CC(=O)Nc1ccc(C)cc1)C1CCCCC1. The van der Waals surface area contributed by atoms with E-state index >= 15 is 0 Å². The van der Waals surface area contributed by atoms with Crippen molar-refractivity contribution in [2.45, 2.75) is 45.1 Å². The minimum atomic E-state index is 0.0136. The van der Waals surface area contributed by atoms with Crippen molar-refractivity contribution in [2.75, 3.05) is 18.4 Å². The first-order chi connectivity index (χ1) is 10.2. The van der Waals surface area contributed by atoms with E-state index < -0.39 is 0 Å². The lowest BCUT2D eigenvalue weighted by Crippen LogP contribution is -2.42. The van der Waals surface area contributed by atoms with Gasteiger partial charge in [0.25, 0.3) is 0 Å². The summed E-state index contributed by atoms with van der Waals surface area (Å²) in [6.07, 6.45) is 11.5. The number of terminal acetylenes is 1. The average molecular weight is 284 g/mol. The van der Waals surface area contributed by atoms with Crippen molar-refractivity contribution in [2.24, 2.45) is 0 Å². The van der Waals surface area contributed by atoms with E-state index in [4.69, 9.17) is 6.42 Å². The first kappa shape index (κ1) is 15.6. The van der Waals surface area contributed by atoms with Crippen LogP contribution in [0.4, 0.5) is 5.69 Å². The maximum Gasteiger partial charge on any atom is 0.238 e. The van der Waals surface area contributed by atoms with Crippen LogP contribution >= 0.6 is 0 Å². The fourth-order valence-corrected chi connectivity index (χ4v) is 2.90. The highest BCUT2D eigenvalue weighted by molar-refractivity contribution is 5.92. The molecule has 1 fully saturated rings. The van der Waals surface area contributed by atoms with Crippen LogP contribution in [0.2, 0.25) is 0 Å². The molecule has 1 saturated carbocycles. The van der Waals surface area contributed by atoms with E-state index in [1.807, 2.05) is 31.2 Å². The largest absolute Gasteiger partial charge is 0.325 e. The van der Waals surface area contributed by atoms with Gasteiger partial charge < -0.3 is 5.32 Å². The number of nitrogens with zero attached hydrogens (tertiary/aromatic N) is 1. The Labute approximate surface area is 127 Å². The van der Waals surface area contributed by atoms with Gasteiger partial charge in [0.2, 0.25) is 5.91 Å². The molecule has 1 aliphatic carbocycles. The molecule has 0 saturated heterocycles. The van der Waals surface area contributed by atoms with Crippen LogP contribution in [-0.4, -0.2) is 29.9 Å². The summed E-state index contributed by atoms with van der Waals surface area (Å²) in [6, 6.07) is 8.31. The molecule has 0 radical (unpaired) electrons. The van der Waals surface area contributed by atoms with Crippen LogP contribution in [-0.2, 0) is 4.79 Å². The van der Waals surface area contributed by atoms with Gasteiger partial charge in [-0.2, -0.15) is 0 Å². The number of nitrogens with one attached hydrogen (secondary N) is 1. The van der Waals surface area contributed by atoms with Crippen molar-refractivity contribution in [1.29, 1.82) is 0 Å². The number of benzene rings is 1. The molecule has 1 amide bonds. The first-order valence-corrected chi connectivity index (χ1v) is 7.73. The van der Waals surface area contributed by atoms with E-state index in [0.717, 1.165) is 18.5 Å². The molecule has 0 unspecified atom stereocenters. The van der Waals surface area contributed by atoms with Crippen LogP contribution in [0.15, 0.2) is 24.3 Å². The van der Waals surface area contributed by atoms with Gasteiger partial charge in [0.15, 0.2) is 0 Å². The van der Waals surface area contributed by atoms with E-state index in [1.165, 1.54) is 24.8 Å². The monoisotopic (exact) mass is 284 g/mol. The minimum Gasteiger partial charge on any atom is -0.325 e. The second kappa shape index (κ2) is 7.85. The molecule has 2 rings (SSSR count). The van der Waals surface area contributed by atoms with E-state index in [9.17, 15) is 4.79 Å². The molecule has 0 bridgehead atoms. The van der Waals surface area contributed by atoms with Crippen LogP contribution in [0.3, 0.4) is 0 Å². The fraction of sp³-hybridized carbons (Fsp3) is 0.500. The van der Waals surface area contributed by atoms with Gasteiger partial charge in [-0.15, -0.1) is 6.42 Å². The van der Waals surface area contributed by atoms with Crippen LogP contribution in [0.5, 0.6) is 0 Å². The summed E-state index contributed by atoms with van der Waals surface area (Å²) >= 11 is 0. The number of carbonyl (C=O) groups is 1. The first-order valence-electron chi connectivity index (χ1n) is 7.73. The number of rotatable bonds is 5. The van der Waals surface area contributed by atoms with Gasteiger partial charge in [0.1, 0.15) is 0 Å². The summed E-state index contributed by atoms with van der Waals surface area (Å²) in [4.78, 5) is 14.3. The Morgan fingerprint density at radius 2 is 1.95 bits per heavy atom. The Kier molecular flexibility index (Phi) is 5.83. The predicted molar refractivity (Wildman–Crippen MR) is 87.1 cm³/mol. The highest BCUT2D eigenvalue weighted by Gasteiger charge is 2.22. The Balaban J connectivity index is 1.91. The minimum absolute atomic E-state index is 0.0136. The second-order valence-electron chi connectivity index (χ2n) is 5.82. The molecule has 1 N–H and O–H groups in total. The van der Waals surface area contributed by atoms with E-state index in [1.54, 1.807) is 0 Å². The molecular formula is C18H24N2O. The molecule has 112 valence electrons. The maximum atomic E-state index is 12.2. The standard InChI is InChI=1S/C18H24N2O/c1-3-13-20(17-7-5-4-6-8-17)14-18(21)19-16-11-9-15(2)10-12-16/h1,9-12,17H,4-8,13-14H2,2H3,(H,19,21). The summed E-state index contributed by atoms with van der Waals surface area (Å²) in [5.41, 5.74) is 2.03. The molecule has 0 spiro atoms. The maximum absolute atomic E-state index is 12.2. The van der Waals surface area contributed by atoms with Gasteiger partial charge in [-0.25, -0.2) is 0 Å². The summed E-state index contributed by atoms with van der Waals surface area (Å²) in [5, 5.41) is 2.95. The van der Waals surface area contributed by atoms with E-state index in [0.29, 0.717) is 19.1 Å². The quantitative estimate of drug-likeness (QED) is 0.842. The van der Waals surface area contributed by atoms with Crippen LogP contribution < -0.4 is 5.32 Å². The summed E-state index contributed by atoms with van der Waals surface area (Å²) in [5.74, 6) is 2.70. The smallest absolute Gasteiger partial charge is 0.238 e. The van der Waals surface area contributed by atoms with Crippen molar-refractivity contribution >= 4 is 11.6 Å². The number of anilines is 1. The lowest BCUT2D eigenvalue weighted by Gasteiger charge is -2.32. The second-order valence-corrected chi connectivity index (χ2v) is 5.82. The van der Waals surface area contributed by atoms with Gasteiger partial charge in [-0.1, -0.05) is 42.9 Å². The fourth-order valence-electron chi connectivity index (χ4n) is 2.90. The zero-order valence-corrected chi connectivity index (χ0v) is 12.8. The van der Waals surface area contributed by atoms with Crippen molar-refractivity contribution in [1.82, 2.24) is 4.90 Å². The Hall–Kier alpha value is -1.79. The summed E-state index contributed by atoms with van der Waals surface area (Å²) in [6.45, 7) is 2.96. The Morgan fingerprint density at radius 3 is 2.57 bits per heavy atom. The number of hydrogen-bond acceptors (Lipinski definition) is 2. The number of hydrogen-bond donors (Lipinski definition) is 1. The molecule has 1 aromatic carbocycles. The molecular weight excluding hydrogens is 260 g/mol. The summed E-state index contributed by atoms with van der Waals surface area (Å²) < 4.78 is 0. The normalized spacial score (nSPS) is 15.7. The van der Waals surface area contributed by atoms with E-state index in [-0.39, 0.29) is 5.91 Å². The zero-order valence-electron chi connectivity index (χ0n) is 12.8. The average Bonchev–Trinajstić information content (AvgIpc) is 2.50. The number of carbonyl (C=O) groups excluding carboxylic acids is 1. The predicted octanol–water partition coefficient (Wildman–Crippen LogP) is 3.20. The molecule has 0 heterocycles. The molecule has 0 atom stereocenters. The Bertz CT molecular complexity index is 495. The van der Waals surface area contributed by atoms with Gasteiger partial charge >= 0.3 is 0 Å². The van der Waals surface area contributed by atoms with Crippen molar-refractivity contribution in [3.05, 3.63) is 29.8 Å². The molecule has 1 aliphatic rings. The molecule has 3 nitrogen and oxygen atoms in total. The molecule has 3 heteroatoms. The Morgan fingerprint density at radius 1 is 1.29 bits per heavy atom. The van der Waals surface area contributed by atoms with Crippen molar-refractivity contribution < 1.29 is 4.79 Å². The van der Waals surface area contributed by atoms with Gasteiger partial charge in [-0.05, 0) is 31.9 Å². The molecule has 21 heavy (non-hydrogen) atoms. The van der Waals surface area contributed by atoms with Crippen LogP contribution in [0.25, 0.3) is 0 Å². The third-order valence-electron chi connectivity index (χ3n) is 4.07. The lowest BCUT2D eigenvalue weighted by molar-refractivity contribution is -0.117. The zero-order chi connectivity index (χ0) is 15.1. The third-order valence-corrected chi connectivity index (χ3v) is 4.07.